The largest absolute Gasteiger partial charge is 0.378 e. The fourth-order valence-electron chi connectivity index (χ4n) is 3.20. The molecule has 2 heterocycles. The molecule has 2 aliphatic rings. The molecule has 1 aromatic rings. The molecule has 8 heteroatoms. The molecular formula is C17H25N3O4S. The van der Waals surface area contributed by atoms with E-state index in [1.807, 2.05) is 6.92 Å². The van der Waals surface area contributed by atoms with Gasteiger partial charge in [0, 0.05) is 30.7 Å². The quantitative estimate of drug-likeness (QED) is 0.813. The number of sulfonamides is 1. The highest BCUT2D eigenvalue weighted by atomic mass is 32.2. The number of hydrogen-bond donors (Lipinski definition) is 2. The van der Waals surface area contributed by atoms with E-state index in [1.165, 1.54) is 12.1 Å². The van der Waals surface area contributed by atoms with Crippen LogP contribution in [0.25, 0.3) is 0 Å². The molecule has 2 saturated heterocycles. The molecule has 3 rings (SSSR count). The lowest BCUT2D eigenvalue weighted by Gasteiger charge is -2.30. The number of ether oxygens (including phenoxy) is 1. The van der Waals surface area contributed by atoms with Crippen molar-refractivity contribution in [2.75, 3.05) is 32.8 Å². The second kappa shape index (κ2) is 7.82. The number of nitrogens with one attached hydrogen (secondary N) is 2. The van der Waals surface area contributed by atoms with Crippen LogP contribution in [0.15, 0.2) is 29.2 Å². The zero-order valence-electron chi connectivity index (χ0n) is 14.4. The maximum Gasteiger partial charge on any atom is 0.254 e. The van der Waals surface area contributed by atoms with Crippen LogP contribution in [0.2, 0.25) is 0 Å². The van der Waals surface area contributed by atoms with E-state index in [-0.39, 0.29) is 22.9 Å². The number of rotatable bonds is 4. The highest BCUT2D eigenvalue weighted by Gasteiger charge is 2.27. The number of nitrogens with zero attached hydrogens (tertiary/aromatic N) is 1. The van der Waals surface area contributed by atoms with Crippen molar-refractivity contribution in [3.8, 4) is 0 Å². The summed E-state index contributed by atoms with van der Waals surface area (Å²) in [5.41, 5.74) is 0.494. The maximum absolute atomic E-state index is 12.6. The van der Waals surface area contributed by atoms with Crippen molar-refractivity contribution in [2.45, 2.75) is 36.7 Å². The first-order valence-corrected chi connectivity index (χ1v) is 10.2. The number of carbonyl (C=O) groups excluding carboxylic acids is 1. The molecule has 0 radical (unpaired) electrons. The Bertz CT molecular complexity index is 699. The summed E-state index contributed by atoms with van der Waals surface area (Å²) in [4.78, 5) is 14.3. The number of piperidine rings is 1. The van der Waals surface area contributed by atoms with Crippen LogP contribution in [0, 0.1) is 0 Å². The minimum absolute atomic E-state index is 0.0923. The summed E-state index contributed by atoms with van der Waals surface area (Å²) >= 11 is 0. The number of hydrogen-bond acceptors (Lipinski definition) is 5. The van der Waals surface area contributed by atoms with Gasteiger partial charge >= 0.3 is 0 Å². The molecule has 0 spiro atoms. The third-order valence-electron chi connectivity index (χ3n) is 4.78. The Morgan fingerprint density at radius 2 is 1.92 bits per heavy atom. The molecule has 0 aliphatic carbocycles. The smallest absolute Gasteiger partial charge is 0.254 e. The number of carbonyl (C=O) groups is 1. The Kier molecular flexibility index (Phi) is 5.73. The van der Waals surface area contributed by atoms with Gasteiger partial charge in [-0.2, -0.15) is 0 Å². The molecule has 7 nitrogen and oxygen atoms in total. The van der Waals surface area contributed by atoms with Crippen LogP contribution in [-0.2, 0) is 14.8 Å². The van der Waals surface area contributed by atoms with Crippen LogP contribution in [0.1, 0.15) is 30.1 Å². The Morgan fingerprint density at radius 3 is 2.56 bits per heavy atom. The normalized spacial score (nSPS) is 24.9. The minimum Gasteiger partial charge on any atom is -0.378 e. The molecule has 138 valence electrons. The van der Waals surface area contributed by atoms with Gasteiger partial charge in [0.2, 0.25) is 10.0 Å². The van der Waals surface area contributed by atoms with Crippen LogP contribution in [0.3, 0.4) is 0 Å². The molecule has 2 unspecified atom stereocenters. The van der Waals surface area contributed by atoms with E-state index >= 15 is 0 Å². The molecule has 0 saturated carbocycles. The topological polar surface area (TPSA) is 87.7 Å². The summed E-state index contributed by atoms with van der Waals surface area (Å²) in [6, 6.07) is 6.14. The molecule has 0 aromatic heterocycles. The van der Waals surface area contributed by atoms with Crippen LogP contribution in [-0.4, -0.2) is 64.2 Å². The lowest BCUT2D eigenvalue weighted by atomic mass is 10.0. The summed E-state index contributed by atoms with van der Waals surface area (Å²) < 4.78 is 33.2. The van der Waals surface area contributed by atoms with Crippen LogP contribution in [0.4, 0.5) is 0 Å². The first-order valence-electron chi connectivity index (χ1n) is 8.70. The highest BCUT2D eigenvalue weighted by Crippen LogP contribution is 2.16. The van der Waals surface area contributed by atoms with Crippen LogP contribution in [0.5, 0.6) is 0 Å². The monoisotopic (exact) mass is 367 g/mol. The Labute approximate surface area is 148 Å². The summed E-state index contributed by atoms with van der Waals surface area (Å²) in [5, 5.41) is 3.28. The van der Waals surface area contributed by atoms with Crippen molar-refractivity contribution in [2.24, 2.45) is 0 Å². The average molecular weight is 367 g/mol. The van der Waals surface area contributed by atoms with Crippen molar-refractivity contribution in [1.82, 2.24) is 14.9 Å². The second-order valence-electron chi connectivity index (χ2n) is 6.54. The standard InChI is InChI=1S/C17H25N3O4S/c1-13-16(3-2-8-18-13)19-25(22,23)15-6-4-14(5-7-15)17(21)20-9-11-24-12-10-20/h4-7,13,16,18-19H,2-3,8-12H2,1H3. The predicted octanol–water partition coefficient (Wildman–Crippen LogP) is 0.578. The third kappa shape index (κ3) is 4.38. The highest BCUT2D eigenvalue weighted by molar-refractivity contribution is 7.89. The maximum atomic E-state index is 12.6. The Balaban J connectivity index is 1.69. The van der Waals surface area contributed by atoms with Gasteiger partial charge in [0.1, 0.15) is 0 Å². The van der Waals surface area contributed by atoms with Crippen LogP contribution < -0.4 is 10.0 Å². The van der Waals surface area contributed by atoms with Gasteiger partial charge in [-0.1, -0.05) is 0 Å². The zero-order chi connectivity index (χ0) is 17.9. The van der Waals surface area contributed by atoms with E-state index < -0.39 is 10.0 Å². The summed E-state index contributed by atoms with van der Waals surface area (Å²) in [6.45, 7) is 5.10. The van der Waals surface area contributed by atoms with E-state index in [2.05, 4.69) is 10.0 Å². The molecular weight excluding hydrogens is 342 g/mol. The van der Waals surface area contributed by atoms with Crippen molar-refractivity contribution in [1.29, 1.82) is 0 Å². The second-order valence-corrected chi connectivity index (χ2v) is 8.26. The fourth-order valence-corrected chi connectivity index (χ4v) is 4.55. The SMILES string of the molecule is CC1NCCCC1NS(=O)(=O)c1ccc(C(=O)N2CCOCC2)cc1. The number of morpholine rings is 1. The van der Waals surface area contributed by atoms with Gasteiger partial charge in [-0.3, -0.25) is 4.79 Å². The van der Waals surface area contributed by atoms with Crippen molar-refractivity contribution >= 4 is 15.9 Å². The molecule has 2 fully saturated rings. The molecule has 25 heavy (non-hydrogen) atoms. The summed E-state index contributed by atoms with van der Waals surface area (Å²) in [6.07, 6.45) is 1.77. The van der Waals surface area contributed by atoms with E-state index in [0.29, 0.717) is 31.9 Å². The van der Waals surface area contributed by atoms with Crippen molar-refractivity contribution in [3.05, 3.63) is 29.8 Å². The molecule has 2 N–H and O–H groups in total. The molecule has 2 atom stereocenters. The lowest BCUT2D eigenvalue weighted by molar-refractivity contribution is 0.0303. The third-order valence-corrected chi connectivity index (χ3v) is 6.28. The van der Waals surface area contributed by atoms with Gasteiger partial charge in [0.25, 0.3) is 5.91 Å². The molecule has 2 aliphatic heterocycles. The van der Waals surface area contributed by atoms with Gasteiger partial charge < -0.3 is 15.0 Å². The fraction of sp³-hybridized carbons (Fsp3) is 0.588. The van der Waals surface area contributed by atoms with Crippen molar-refractivity contribution in [3.63, 3.8) is 0 Å². The number of benzene rings is 1. The Morgan fingerprint density at radius 1 is 1.24 bits per heavy atom. The zero-order valence-corrected chi connectivity index (χ0v) is 15.2. The van der Waals surface area contributed by atoms with E-state index in [0.717, 1.165) is 19.4 Å². The van der Waals surface area contributed by atoms with Gasteiger partial charge in [-0.05, 0) is 50.6 Å². The predicted molar refractivity (Wildman–Crippen MR) is 94.0 cm³/mol. The van der Waals surface area contributed by atoms with Gasteiger partial charge in [-0.25, -0.2) is 13.1 Å². The summed E-state index contributed by atoms with van der Waals surface area (Å²) in [7, 11) is -3.60. The van der Waals surface area contributed by atoms with E-state index in [9.17, 15) is 13.2 Å². The van der Waals surface area contributed by atoms with Gasteiger partial charge in [-0.15, -0.1) is 0 Å². The van der Waals surface area contributed by atoms with E-state index in [4.69, 9.17) is 4.74 Å². The summed E-state index contributed by atoms with van der Waals surface area (Å²) in [5.74, 6) is -0.0923. The lowest BCUT2D eigenvalue weighted by Crippen LogP contribution is -2.51. The first kappa shape index (κ1) is 18.3. The minimum atomic E-state index is -3.60. The molecule has 1 aromatic carbocycles. The van der Waals surface area contributed by atoms with Crippen molar-refractivity contribution < 1.29 is 17.9 Å². The average Bonchev–Trinajstić information content (AvgIpc) is 2.64. The van der Waals surface area contributed by atoms with E-state index in [1.54, 1.807) is 17.0 Å². The van der Waals surface area contributed by atoms with Crippen LogP contribution >= 0.6 is 0 Å². The first-order chi connectivity index (χ1) is 12.0. The number of amides is 1. The molecule has 0 bridgehead atoms. The van der Waals surface area contributed by atoms with Gasteiger partial charge in [0.05, 0.1) is 18.1 Å². The van der Waals surface area contributed by atoms with Gasteiger partial charge in [0.15, 0.2) is 0 Å². The molecule has 1 amide bonds. The Hall–Kier alpha value is -1.48.